The number of hydrogen-bond donors (Lipinski definition) is 6. The van der Waals surface area contributed by atoms with Crippen LogP contribution in [0.25, 0.3) is 0 Å². The van der Waals surface area contributed by atoms with Gasteiger partial charge in [0.2, 0.25) is 0 Å². The first kappa shape index (κ1) is 35.0. The normalized spacial score (nSPS) is 14.0. The third-order valence-corrected chi connectivity index (χ3v) is 6.26. The van der Waals surface area contributed by atoms with Crippen molar-refractivity contribution in [3.63, 3.8) is 0 Å². The summed E-state index contributed by atoms with van der Waals surface area (Å²) in [6.07, 6.45) is 33.2. The second-order valence-corrected chi connectivity index (χ2v) is 9.87. The molecule has 36 heavy (non-hydrogen) atoms. The van der Waals surface area contributed by atoms with Crippen LogP contribution in [0.15, 0.2) is 36.5 Å². The van der Waals surface area contributed by atoms with Crippen molar-refractivity contribution in [2.24, 2.45) is 11.5 Å². The third kappa shape index (κ3) is 29.2. The summed E-state index contributed by atoms with van der Waals surface area (Å²) in [4.78, 5) is 0. The van der Waals surface area contributed by atoms with E-state index in [9.17, 15) is 10.2 Å². The molecule has 0 spiro atoms. The predicted molar refractivity (Wildman–Crippen MR) is 157 cm³/mol. The molecule has 0 fully saturated rings. The summed E-state index contributed by atoms with van der Waals surface area (Å²) < 4.78 is 0. The van der Waals surface area contributed by atoms with E-state index in [1.54, 1.807) is 0 Å². The van der Waals surface area contributed by atoms with Gasteiger partial charge in [-0.2, -0.15) is 0 Å². The number of aliphatic hydroxyl groups is 2. The van der Waals surface area contributed by atoms with Crippen molar-refractivity contribution in [2.75, 3.05) is 39.3 Å². The zero-order valence-corrected chi connectivity index (χ0v) is 23.2. The van der Waals surface area contributed by atoms with Gasteiger partial charge in [-0.3, -0.25) is 0 Å². The van der Waals surface area contributed by atoms with E-state index >= 15 is 0 Å². The fourth-order valence-electron chi connectivity index (χ4n) is 3.89. The summed E-state index contributed by atoms with van der Waals surface area (Å²) in [5.41, 5.74) is 10.7. The first-order valence-electron chi connectivity index (χ1n) is 14.8. The van der Waals surface area contributed by atoms with Crippen LogP contribution in [0.5, 0.6) is 0 Å². The Morgan fingerprint density at radius 1 is 0.444 bits per heavy atom. The summed E-state index contributed by atoms with van der Waals surface area (Å²) in [6, 6.07) is 0. The van der Waals surface area contributed by atoms with Gasteiger partial charge in [0, 0.05) is 26.2 Å². The predicted octanol–water partition coefficient (Wildman–Crippen LogP) is 4.72. The summed E-state index contributed by atoms with van der Waals surface area (Å²) in [6.45, 7) is 3.63. The molecule has 0 aromatic rings. The summed E-state index contributed by atoms with van der Waals surface area (Å²) in [5, 5.41) is 25.1. The molecule has 6 heteroatoms. The number of allylic oxidation sites excluding steroid dienone is 4. The van der Waals surface area contributed by atoms with Crippen LogP contribution in [0, 0.1) is 0 Å². The Balaban J connectivity index is 3.22. The quantitative estimate of drug-likeness (QED) is 0.0673. The number of hydrogen-bond acceptors (Lipinski definition) is 6. The maximum absolute atomic E-state index is 9.35. The highest BCUT2D eigenvalue weighted by atomic mass is 16.3. The lowest BCUT2D eigenvalue weighted by atomic mass is 10.1. The molecular weight excluding hydrogens is 448 g/mol. The lowest BCUT2D eigenvalue weighted by molar-refractivity contribution is 0.180. The van der Waals surface area contributed by atoms with E-state index in [4.69, 9.17) is 11.5 Å². The van der Waals surface area contributed by atoms with Crippen molar-refractivity contribution in [3.05, 3.63) is 36.5 Å². The van der Waals surface area contributed by atoms with E-state index in [-0.39, 0.29) is 0 Å². The molecule has 0 aliphatic heterocycles. The Hall–Kier alpha value is -1.02. The van der Waals surface area contributed by atoms with Gasteiger partial charge < -0.3 is 32.3 Å². The number of rotatable bonds is 28. The van der Waals surface area contributed by atoms with Crippen LogP contribution < -0.4 is 22.1 Å². The Morgan fingerprint density at radius 3 is 1.06 bits per heavy atom. The molecule has 6 nitrogen and oxygen atoms in total. The highest BCUT2D eigenvalue weighted by molar-refractivity contribution is 4.84. The molecule has 0 radical (unpaired) electrons. The minimum absolute atomic E-state index is 0.322. The van der Waals surface area contributed by atoms with Crippen LogP contribution in [0.3, 0.4) is 0 Å². The summed E-state index contributed by atoms with van der Waals surface area (Å²) in [7, 11) is 0. The number of nitrogens with one attached hydrogen (secondary N) is 2. The molecule has 0 heterocycles. The van der Waals surface area contributed by atoms with Crippen LogP contribution in [-0.4, -0.2) is 61.7 Å². The van der Waals surface area contributed by atoms with E-state index in [0.717, 1.165) is 25.9 Å². The van der Waals surface area contributed by atoms with E-state index in [1.165, 1.54) is 89.9 Å². The van der Waals surface area contributed by atoms with Crippen molar-refractivity contribution in [3.8, 4) is 0 Å². The number of aliphatic hydroxyl groups excluding tert-OH is 2. The molecule has 0 saturated heterocycles. The van der Waals surface area contributed by atoms with E-state index < -0.39 is 12.2 Å². The molecule has 0 aromatic carbocycles. The van der Waals surface area contributed by atoms with Crippen molar-refractivity contribution in [2.45, 2.75) is 115 Å². The minimum Gasteiger partial charge on any atom is -0.390 e. The average Bonchev–Trinajstić information content (AvgIpc) is 2.89. The molecule has 2 unspecified atom stereocenters. The molecule has 212 valence electrons. The van der Waals surface area contributed by atoms with Gasteiger partial charge in [-0.05, 0) is 77.3 Å². The van der Waals surface area contributed by atoms with Gasteiger partial charge in [0.1, 0.15) is 0 Å². The minimum atomic E-state index is -0.424. The van der Waals surface area contributed by atoms with Crippen molar-refractivity contribution < 1.29 is 10.2 Å². The summed E-state index contributed by atoms with van der Waals surface area (Å²) >= 11 is 0. The van der Waals surface area contributed by atoms with Gasteiger partial charge in [0.05, 0.1) is 12.2 Å². The highest BCUT2D eigenvalue weighted by Gasteiger charge is 1.98. The molecule has 0 amide bonds. The molecule has 0 rings (SSSR count). The zero-order chi connectivity index (χ0) is 26.4. The Bertz CT molecular complexity index is 511. The second-order valence-electron chi connectivity index (χ2n) is 9.87. The van der Waals surface area contributed by atoms with Crippen LogP contribution in [0.2, 0.25) is 0 Å². The topological polar surface area (TPSA) is 117 Å². The molecule has 0 aliphatic rings. The SMILES string of the molecule is NCC(O)CNCC/C=C\CCCCC/C=C/CCCCCCCCC/C=C\CCNCC(O)CN. The fourth-order valence-corrected chi connectivity index (χ4v) is 3.89. The molecule has 8 N–H and O–H groups in total. The Kier molecular flexibility index (Phi) is 29.3. The Labute approximate surface area is 223 Å². The van der Waals surface area contributed by atoms with Crippen LogP contribution in [-0.2, 0) is 0 Å². The van der Waals surface area contributed by atoms with E-state index in [2.05, 4.69) is 47.1 Å². The largest absolute Gasteiger partial charge is 0.390 e. The molecule has 0 aromatic heterocycles. The monoisotopic (exact) mass is 508 g/mol. The lowest BCUT2D eigenvalue weighted by Gasteiger charge is -2.07. The average molecular weight is 509 g/mol. The van der Waals surface area contributed by atoms with Crippen LogP contribution in [0.1, 0.15) is 103 Å². The standard InChI is InChI=1S/C30H60N4O2/c31-25-29(35)27-33-23-21-19-17-15-13-11-9-7-5-3-1-2-4-6-8-10-12-14-16-18-20-22-24-34-28-30(36)26-32/h3,5,17-20,29-30,33-36H,1-2,4,6-16,21-28,31-32H2/b5-3+,19-17-,20-18-. The first-order valence-corrected chi connectivity index (χ1v) is 14.8. The van der Waals surface area contributed by atoms with Crippen LogP contribution in [0.4, 0.5) is 0 Å². The maximum atomic E-state index is 9.35. The maximum Gasteiger partial charge on any atom is 0.0786 e. The van der Waals surface area contributed by atoms with Crippen molar-refractivity contribution in [1.82, 2.24) is 10.6 Å². The first-order chi connectivity index (χ1) is 17.7. The van der Waals surface area contributed by atoms with Crippen molar-refractivity contribution in [1.29, 1.82) is 0 Å². The smallest absolute Gasteiger partial charge is 0.0786 e. The van der Waals surface area contributed by atoms with Crippen molar-refractivity contribution >= 4 is 0 Å². The van der Waals surface area contributed by atoms with Gasteiger partial charge in [-0.1, -0.05) is 75.0 Å². The second kappa shape index (κ2) is 30.2. The lowest BCUT2D eigenvalue weighted by Crippen LogP contribution is -2.32. The van der Waals surface area contributed by atoms with Crippen LogP contribution >= 0.6 is 0 Å². The van der Waals surface area contributed by atoms with Gasteiger partial charge in [-0.25, -0.2) is 0 Å². The Morgan fingerprint density at radius 2 is 0.722 bits per heavy atom. The third-order valence-electron chi connectivity index (χ3n) is 6.26. The van der Waals surface area contributed by atoms with Gasteiger partial charge >= 0.3 is 0 Å². The van der Waals surface area contributed by atoms with Gasteiger partial charge in [0.15, 0.2) is 0 Å². The molecule has 2 atom stereocenters. The van der Waals surface area contributed by atoms with E-state index in [1.807, 2.05) is 0 Å². The van der Waals surface area contributed by atoms with Gasteiger partial charge in [-0.15, -0.1) is 0 Å². The summed E-state index contributed by atoms with van der Waals surface area (Å²) in [5.74, 6) is 0. The number of unbranched alkanes of at least 4 members (excludes halogenated alkanes) is 12. The molecule has 0 saturated carbocycles. The zero-order valence-electron chi connectivity index (χ0n) is 23.2. The van der Waals surface area contributed by atoms with E-state index in [0.29, 0.717) is 26.2 Å². The highest BCUT2D eigenvalue weighted by Crippen LogP contribution is 2.11. The molecule has 0 bridgehead atoms. The van der Waals surface area contributed by atoms with Gasteiger partial charge in [0.25, 0.3) is 0 Å². The molecule has 0 aliphatic carbocycles. The number of nitrogens with two attached hydrogens (primary N) is 2. The molecular formula is C30H60N4O2. The fraction of sp³-hybridized carbons (Fsp3) is 0.800.